The van der Waals surface area contributed by atoms with Crippen LogP contribution in [-0.2, 0) is 6.18 Å². The van der Waals surface area contributed by atoms with E-state index in [1.807, 2.05) is 0 Å². The van der Waals surface area contributed by atoms with Gasteiger partial charge in [-0.1, -0.05) is 17.4 Å². The van der Waals surface area contributed by atoms with E-state index in [2.05, 4.69) is 9.97 Å². The predicted octanol–water partition coefficient (Wildman–Crippen LogP) is 4.02. The second-order valence-corrected chi connectivity index (χ2v) is 5.71. The molecule has 0 aliphatic carbocycles. The van der Waals surface area contributed by atoms with Gasteiger partial charge in [0.2, 0.25) is 0 Å². The number of nitrogens with zero attached hydrogens (tertiary/aromatic N) is 2. The standard InChI is InChI=1S/C11H6F3N3S2/c12-11(13,14)5-4-6(7-2-1-3-18-7)16-9-8(5)19-10(15)17-9/h1-4H,(H2,15,16,17). The topological polar surface area (TPSA) is 51.8 Å². The van der Waals surface area contributed by atoms with Crippen LogP contribution in [0.2, 0.25) is 0 Å². The molecule has 0 fully saturated rings. The monoisotopic (exact) mass is 301 g/mol. The van der Waals surface area contributed by atoms with Crippen molar-refractivity contribution in [1.82, 2.24) is 9.97 Å². The third-order valence-electron chi connectivity index (χ3n) is 2.46. The Morgan fingerprint density at radius 1 is 1.21 bits per heavy atom. The number of halogens is 3. The van der Waals surface area contributed by atoms with Crippen molar-refractivity contribution in [2.24, 2.45) is 0 Å². The lowest BCUT2D eigenvalue weighted by atomic mass is 10.2. The second-order valence-electron chi connectivity index (χ2n) is 3.73. The number of thiazole rings is 1. The van der Waals surface area contributed by atoms with Gasteiger partial charge < -0.3 is 5.73 Å². The number of nitrogen functional groups attached to an aromatic ring is 1. The van der Waals surface area contributed by atoms with E-state index in [0.29, 0.717) is 4.88 Å². The molecule has 0 saturated carbocycles. The number of fused-ring (bicyclic) bond motifs is 1. The quantitative estimate of drug-likeness (QED) is 0.738. The van der Waals surface area contributed by atoms with Crippen LogP contribution >= 0.6 is 22.7 Å². The number of aromatic nitrogens is 2. The van der Waals surface area contributed by atoms with Crippen molar-refractivity contribution in [2.45, 2.75) is 6.18 Å². The van der Waals surface area contributed by atoms with Crippen LogP contribution in [0.5, 0.6) is 0 Å². The number of hydrogen-bond donors (Lipinski definition) is 1. The molecule has 3 heterocycles. The zero-order valence-corrected chi connectivity index (χ0v) is 10.9. The van der Waals surface area contributed by atoms with Crippen LogP contribution in [0.25, 0.3) is 20.9 Å². The first-order chi connectivity index (χ1) is 8.95. The van der Waals surface area contributed by atoms with Crippen molar-refractivity contribution in [3.8, 4) is 10.6 Å². The maximum Gasteiger partial charge on any atom is 0.417 e. The van der Waals surface area contributed by atoms with Gasteiger partial charge in [0.05, 0.1) is 20.8 Å². The molecule has 3 aromatic heterocycles. The minimum atomic E-state index is -4.45. The minimum absolute atomic E-state index is 0.0229. The van der Waals surface area contributed by atoms with E-state index >= 15 is 0 Å². The Morgan fingerprint density at radius 3 is 2.63 bits per heavy atom. The summed E-state index contributed by atoms with van der Waals surface area (Å²) in [5.74, 6) is 0. The lowest BCUT2D eigenvalue weighted by Gasteiger charge is -2.08. The van der Waals surface area contributed by atoms with Gasteiger partial charge in [-0.2, -0.15) is 13.2 Å². The number of rotatable bonds is 1. The highest BCUT2D eigenvalue weighted by atomic mass is 32.1. The number of anilines is 1. The highest BCUT2D eigenvalue weighted by Gasteiger charge is 2.35. The van der Waals surface area contributed by atoms with Gasteiger partial charge >= 0.3 is 6.18 Å². The SMILES string of the molecule is Nc1nc2nc(-c3cccs3)cc(C(F)(F)F)c2s1. The number of pyridine rings is 1. The van der Waals surface area contributed by atoms with Crippen LogP contribution < -0.4 is 5.73 Å². The Hall–Kier alpha value is -1.67. The van der Waals surface area contributed by atoms with Crippen LogP contribution in [0.15, 0.2) is 23.6 Å². The van der Waals surface area contributed by atoms with E-state index in [4.69, 9.17) is 5.73 Å². The summed E-state index contributed by atoms with van der Waals surface area (Å²) in [5, 5.41) is 1.86. The van der Waals surface area contributed by atoms with Gasteiger partial charge in [0.15, 0.2) is 10.8 Å². The summed E-state index contributed by atoms with van der Waals surface area (Å²) in [6.07, 6.45) is -4.45. The molecule has 0 atom stereocenters. The molecule has 0 bridgehead atoms. The first-order valence-corrected chi connectivity index (χ1v) is 6.83. The number of nitrogens with two attached hydrogens (primary N) is 1. The Labute approximate surface area is 113 Å². The van der Waals surface area contributed by atoms with Gasteiger partial charge in [0.25, 0.3) is 0 Å². The smallest absolute Gasteiger partial charge is 0.375 e. The summed E-state index contributed by atoms with van der Waals surface area (Å²) in [6.45, 7) is 0. The third kappa shape index (κ3) is 2.17. The summed E-state index contributed by atoms with van der Waals surface area (Å²) >= 11 is 2.12. The lowest BCUT2D eigenvalue weighted by Crippen LogP contribution is -2.06. The van der Waals surface area contributed by atoms with Gasteiger partial charge in [0, 0.05) is 0 Å². The highest BCUT2D eigenvalue weighted by Crippen LogP contribution is 2.40. The van der Waals surface area contributed by atoms with Crippen LogP contribution in [0.3, 0.4) is 0 Å². The van der Waals surface area contributed by atoms with E-state index in [0.717, 1.165) is 17.4 Å². The summed E-state index contributed by atoms with van der Waals surface area (Å²) in [4.78, 5) is 8.66. The van der Waals surface area contributed by atoms with E-state index in [-0.39, 0.29) is 21.2 Å². The maximum absolute atomic E-state index is 13.1. The Morgan fingerprint density at radius 2 is 2.00 bits per heavy atom. The fourth-order valence-corrected chi connectivity index (χ4v) is 3.18. The lowest BCUT2D eigenvalue weighted by molar-refractivity contribution is -0.136. The van der Waals surface area contributed by atoms with Gasteiger partial charge in [-0.05, 0) is 17.5 Å². The molecule has 0 saturated heterocycles. The average Bonchev–Trinajstić information content (AvgIpc) is 2.92. The number of hydrogen-bond acceptors (Lipinski definition) is 5. The first-order valence-electron chi connectivity index (χ1n) is 5.13. The molecule has 0 aromatic carbocycles. The molecular formula is C11H6F3N3S2. The minimum Gasteiger partial charge on any atom is -0.375 e. The average molecular weight is 301 g/mol. The molecule has 19 heavy (non-hydrogen) atoms. The molecule has 0 radical (unpaired) electrons. The van der Waals surface area contributed by atoms with Crippen molar-refractivity contribution in [1.29, 1.82) is 0 Å². The Bertz CT molecular complexity index is 732. The highest BCUT2D eigenvalue weighted by molar-refractivity contribution is 7.22. The van der Waals surface area contributed by atoms with E-state index < -0.39 is 11.7 Å². The molecule has 0 aliphatic rings. The third-order valence-corrected chi connectivity index (χ3v) is 4.26. The van der Waals surface area contributed by atoms with E-state index in [9.17, 15) is 13.2 Å². The zero-order valence-electron chi connectivity index (χ0n) is 9.23. The maximum atomic E-state index is 13.1. The molecule has 3 aromatic rings. The molecule has 2 N–H and O–H groups in total. The summed E-state index contributed by atoms with van der Waals surface area (Å²) in [5.41, 5.74) is 5.04. The van der Waals surface area contributed by atoms with Crippen molar-refractivity contribution in [3.05, 3.63) is 29.1 Å². The molecule has 3 nitrogen and oxygen atoms in total. The number of alkyl halides is 3. The predicted molar refractivity (Wildman–Crippen MR) is 70.1 cm³/mol. The summed E-state index contributed by atoms with van der Waals surface area (Å²) in [7, 11) is 0. The summed E-state index contributed by atoms with van der Waals surface area (Å²) < 4.78 is 39.2. The Balaban J connectivity index is 2.32. The second kappa shape index (κ2) is 4.17. The fourth-order valence-electron chi connectivity index (χ4n) is 1.69. The van der Waals surface area contributed by atoms with Crippen molar-refractivity contribution < 1.29 is 13.2 Å². The van der Waals surface area contributed by atoms with Crippen molar-refractivity contribution >= 4 is 38.2 Å². The molecule has 98 valence electrons. The molecule has 0 unspecified atom stereocenters. The van der Waals surface area contributed by atoms with Gasteiger partial charge in [-0.3, -0.25) is 0 Å². The number of thiophene rings is 1. The van der Waals surface area contributed by atoms with Gasteiger partial charge in [-0.25, -0.2) is 9.97 Å². The van der Waals surface area contributed by atoms with Crippen LogP contribution in [0.4, 0.5) is 18.3 Å². The largest absolute Gasteiger partial charge is 0.417 e. The molecule has 8 heteroatoms. The van der Waals surface area contributed by atoms with Crippen LogP contribution in [0, 0.1) is 0 Å². The fraction of sp³-hybridized carbons (Fsp3) is 0.0909. The van der Waals surface area contributed by atoms with E-state index in [1.165, 1.54) is 11.3 Å². The van der Waals surface area contributed by atoms with Crippen molar-refractivity contribution in [2.75, 3.05) is 5.73 Å². The molecule has 0 amide bonds. The van der Waals surface area contributed by atoms with Gasteiger partial charge in [-0.15, -0.1) is 11.3 Å². The summed E-state index contributed by atoms with van der Waals surface area (Å²) in [6, 6.07) is 4.52. The van der Waals surface area contributed by atoms with E-state index in [1.54, 1.807) is 17.5 Å². The zero-order chi connectivity index (χ0) is 13.6. The molecular weight excluding hydrogens is 295 g/mol. The van der Waals surface area contributed by atoms with Crippen molar-refractivity contribution in [3.63, 3.8) is 0 Å². The first kappa shape index (κ1) is 12.4. The van der Waals surface area contributed by atoms with Gasteiger partial charge in [0.1, 0.15) is 0 Å². The molecule has 0 aliphatic heterocycles. The molecule has 0 spiro atoms. The normalized spacial score (nSPS) is 12.2. The Kier molecular flexibility index (Phi) is 2.72. The van der Waals surface area contributed by atoms with Crippen LogP contribution in [0.1, 0.15) is 5.56 Å². The van der Waals surface area contributed by atoms with Crippen LogP contribution in [-0.4, -0.2) is 9.97 Å². The molecule has 3 rings (SSSR count).